The SMILES string of the molecule is CC(=O)OCC1=C(C)C[C@@]2(C)CC[C@]34[C@H](C)CCC[C@@]3(C)CC[C@@]124. The number of hydrogen-bond acceptors (Lipinski definition) is 2. The molecule has 3 saturated carbocycles. The molecule has 4 aliphatic carbocycles. The Bertz CT molecular complexity index is 619. The normalized spacial score (nSPS) is 49.8. The van der Waals surface area contributed by atoms with Crippen molar-refractivity contribution in [3.05, 3.63) is 11.1 Å². The molecule has 0 heterocycles. The number of carbonyl (C=O) groups excluding carboxylic acids is 1. The van der Waals surface area contributed by atoms with Crippen molar-refractivity contribution in [1.29, 1.82) is 0 Å². The second-order valence-electron chi connectivity index (χ2n) is 10.0. The Kier molecular flexibility index (Phi) is 3.39. The van der Waals surface area contributed by atoms with Crippen LogP contribution in [0.25, 0.3) is 0 Å². The van der Waals surface area contributed by atoms with Gasteiger partial charge in [-0.25, -0.2) is 0 Å². The molecule has 4 aliphatic rings. The lowest BCUT2D eigenvalue weighted by Crippen LogP contribution is -2.53. The van der Waals surface area contributed by atoms with Crippen molar-refractivity contribution in [3.8, 4) is 0 Å². The Morgan fingerprint density at radius 3 is 2.54 bits per heavy atom. The average Bonchev–Trinajstić information content (AvgIpc) is 2.99. The first kappa shape index (κ1) is 16.7. The fraction of sp³-hybridized carbons (Fsp3) is 0.864. The van der Waals surface area contributed by atoms with Crippen molar-refractivity contribution < 1.29 is 9.53 Å². The first-order chi connectivity index (χ1) is 11.2. The summed E-state index contributed by atoms with van der Waals surface area (Å²) >= 11 is 0. The third kappa shape index (κ3) is 1.62. The zero-order valence-electron chi connectivity index (χ0n) is 16.3. The summed E-state index contributed by atoms with van der Waals surface area (Å²) in [6.45, 7) is 12.1. The van der Waals surface area contributed by atoms with Crippen LogP contribution in [0, 0.1) is 27.6 Å². The van der Waals surface area contributed by atoms with Crippen LogP contribution >= 0.6 is 0 Å². The van der Waals surface area contributed by atoms with Crippen LogP contribution in [0.2, 0.25) is 0 Å². The van der Waals surface area contributed by atoms with E-state index in [4.69, 9.17) is 4.74 Å². The van der Waals surface area contributed by atoms with Gasteiger partial charge < -0.3 is 4.74 Å². The molecule has 4 rings (SSSR count). The summed E-state index contributed by atoms with van der Waals surface area (Å²) in [6.07, 6.45) is 10.8. The zero-order chi connectivity index (χ0) is 17.4. The van der Waals surface area contributed by atoms with Crippen LogP contribution in [0.15, 0.2) is 11.1 Å². The number of esters is 1. The van der Waals surface area contributed by atoms with Crippen molar-refractivity contribution in [3.63, 3.8) is 0 Å². The summed E-state index contributed by atoms with van der Waals surface area (Å²) in [4.78, 5) is 11.5. The average molecular weight is 331 g/mol. The van der Waals surface area contributed by atoms with E-state index in [9.17, 15) is 4.79 Å². The van der Waals surface area contributed by atoms with E-state index in [1.54, 1.807) is 6.92 Å². The van der Waals surface area contributed by atoms with E-state index in [-0.39, 0.29) is 11.4 Å². The van der Waals surface area contributed by atoms with E-state index < -0.39 is 0 Å². The lowest BCUT2D eigenvalue weighted by molar-refractivity contribution is -0.141. The molecule has 134 valence electrons. The molecule has 0 unspecified atom stereocenters. The summed E-state index contributed by atoms with van der Waals surface area (Å²) in [5.74, 6) is 0.656. The van der Waals surface area contributed by atoms with Gasteiger partial charge in [-0.2, -0.15) is 0 Å². The summed E-state index contributed by atoms with van der Waals surface area (Å²) in [5.41, 5.74) is 4.63. The molecule has 2 nitrogen and oxygen atoms in total. The molecule has 2 spiro atoms. The highest BCUT2D eigenvalue weighted by Crippen LogP contribution is 2.85. The maximum atomic E-state index is 11.5. The van der Waals surface area contributed by atoms with Crippen LogP contribution in [0.4, 0.5) is 0 Å². The lowest BCUT2D eigenvalue weighted by atomic mass is 9.45. The maximum absolute atomic E-state index is 11.5. The number of hydrogen-bond donors (Lipinski definition) is 0. The van der Waals surface area contributed by atoms with Gasteiger partial charge in [0, 0.05) is 12.3 Å². The molecule has 3 fully saturated rings. The van der Waals surface area contributed by atoms with Gasteiger partial charge in [0.1, 0.15) is 6.61 Å². The van der Waals surface area contributed by atoms with Gasteiger partial charge in [0.2, 0.25) is 0 Å². The largest absolute Gasteiger partial charge is 0.461 e. The molecule has 2 heteroatoms. The molecule has 5 atom stereocenters. The van der Waals surface area contributed by atoms with E-state index in [0.29, 0.717) is 22.9 Å². The van der Waals surface area contributed by atoms with Gasteiger partial charge in [0.05, 0.1) is 0 Å². The molecule has 0 saturated heterocycles. The molecule has 0 aromatic carbocycles. The van der Waals surface area contributed by atoms with Crippen LogP contribution in [-0.4, -0.2) is 12.6 Å². The number of allylic oxidation sites excluding steroid dienone is 1. The molecule has 0 bridgehead atoms. The Morgan fingerprint density at radius 2 is 1.83 bits per heavy atom. The monoisotopic (exact) mass is 330 g/mol. The second-order valence-corrected chi connectivity index (χ2v) is 10.0. The van der Waals surface area contributed by atoms with Gasteiger partial charge in [0.15, 0.2) is 0 Å². The van der Waals surface area contributed by atoms with Crippen LogP contribution in [-0.2, 0) is 9.53 Å². The molecule has 0 aromatic heterocycles. The Balaban J connectivity index is 1.88. The van der Waals surface area contributed by atoms with Gasteiger partial charge >= 0.3 is 5.97 Å². The Labute approximate surface area is 147 Å². The zero-order valence-corrected chi connectivity index (χ0v) is 16.3. The Hall–Kier alpha value is -0.790. The van der Waals surface area contributed by atoms with E-state index in [0.717, 1.165) is 5.92 Å². The minimum atomic E-state index is -0.134. The van der Waals surface area contributed by atoms with Crippen molar-refractivity contribution in [2.24, 2.45) is 27.6 Å². The third-order valence-electron chi connectivity index (χ3n) is 9.30. The van der Waals surface area contributed by atoms with Crippen LogP contribution < -0.4 is 0 Å². The fourth-order valence-electron chi connectivity index (χ4n) is 8.62. The molecule has 0 amide bonds. The minimum absolute atomic E-state index is 0.134. The van der Waals surface area contributed by atoms with Gasteiger partial charge in [-0.15, -0.1) is 0 Å². The highest BCUT2D eigenvalue weighted by atomic mass is 16.5. The van der Waals surface area contributed by atoms with Gasteiger partial charge in [-0.3, -0.25) is 4.79 Å². The molecule has 0 aromatic rings. The fourth-order valence-corrected chi connectivity index (χ4v) is 8.62. The van der Waals surface area contributed by atoms with Crippen molar-refractivity contribution >= 4 is 5.97 Å². The standard InChI is InChI=1S/C22H34O2/c1-15-13-20(5)10-11-21-16(2)7-6-8-19(21,4)9-12-22(20,21)18(15)14-24-17(3)23/h16H,6-14H2,1-5H3/t16-,19+,20-,21+,22-/m1/s1. The van der Waals surface area contributed by atoms with E-state index >= 15 is 0 Å². The third-order valence-corrected chi connectivity index (χ3v) is 9.30. The van der Waals surface area contributed by atoms with E-state index in [1.807, 2.05) is 0 Å². The summed E-state index contributed by atoms with van der Waals surface area (Å²) in [6, 6.07) is 0. The number of carbonyl (C=O) groups is 1. The summed E-state index contributed by atoms with van der Waals surface area (Å²) in [5, 5.41) is 0. The highest BCUT2D eigenvalue weighted by molar-refractivity contribution is 5.66. The van der Waals surface area contributed by atoms with Crippen LogP contribution in [0.1, 0.15) is 86.0 Å². The number of ether oxygens (including phenoxy) is 1. The Morgan fingerprint density at radius 1 is 1.12 bits per heavy atom. The number of rotatable bonds is 2. The summed E-state index contributed by atoms with van der Waals surface area (Å²) < 4.78 is 5.60. The van der Waals surface area contributed by atoms with Gasteiger partial charge in [-0.1, -0.05) is 39.2 Å². The molecule has 0 N–H and O–H groups in total. The predicted octanol–water partition coefficient (Wildman–Crippen LogP) is 5.66. The van der Waals surface area contributed by atoms with Crippen molar-refractivity contribution in [2.75, 3.05) is 6.61 Å². The smallest absolute Gasteiger partial charge is 0.302 e. The first-order valence-electron chi connectivity index (χ1n) is 10.0. The highest BCUT2D eigenvalue weighted by Gasteiger charge is 2.78. The van der Waals surface area contributed by atoms with Gasteiger partial charge in [0.25, 0.3) is 0 Å². The quantitative estimate of drug-likeness (QED) is 0.482. The second kappa shape index (κ2) is 4.89. The molecular formula is C22H34O2. The van der Waals surface area contributed by atoms with Crippen molar-refractivity contribution in [1.82, 2.24) is 0 Å². The predicted molar refractivity (Wildman–Crippen MR) is 96.5 cm³/mol. The lowest BCUT2D eigenvalue weighted by Gasteiger charge is -2.59. The van der Waals surface area contributed by atoms with Crippen LogP contribution in [0.5, 0.6) is 0 Å². The molecule has 0 aliphatic heterocycles. The molecule has 0 radical (unpaired) electrons. The topological polar surface area (TPSA) is 26.3 Å². The van der Waals surface area contributed by atoms with E-state index in [1.165, 1.54) is 62.5 Å². The maximum Gasteiger partial charge on any atom is 0.302 e. The molecule has 24 heavy (non-hydrogen) atoms. The van der Waals surface area contributed by atoms with E-state index in [2.05, 4.69) is 27.7 Å². The summed E-state index contributed by atoms with van der Waals surface area (Å²) in [7, 11) is 0. The molecular weight excluding hydrogens is 296 g/mol. The minimum Gasteiger partial charge on any atom is -0.461 e. The van der Waals surface area contributed by atoms with Crippen molar-refractivity contribution in [2.45, 2.75) is 86.0 Å². The van der Waals surface area contributed by atoms with Crippen LogP contribution in [0.3, 0.4) is 0 Å². The van der Waals surface area contributed by atoms with Gasteiger partial charge in [-0.05, 0) is 73.2 Å². The first-order valence-corrected chi connectivity index (χ1v) is 10.0.